The summed E-state index contributed by atoms with van der Waals surface area (Å²) in [5.41, 5.74) is -0.803. The highest BCUT2D eigenvalue weighted by Crippen LogP contribution is 2.27. The zero-order valence-electron chi connectivity index (χ0n) is 17.8. The highest BCUT2D eigenvalue weighted by Gasteiger charge is 2.28. The number of ether oxygens (including phenoxy) is 1. The Hall–Kier alpha value is -2.74. The molecule has 0 bridgehead atoms. The molecule has 0 amide bonds. The number of nitrogens with zero attached hydrogens (tertiary/aromatic N) is 3. The summed E-state index contributed by atoms with van der Waals surface area (Å²) >= 11 is 0. The number of benzene rings is 1. The predicted molar refractivity (Wildman–Crippen MR) is 113 cm³/mol. The van der Waals surface area contributed by atoms with E-state index in [1.54, 1.807) is 33.0 Å². The van der Waals surface area contributed by atoms with Crippen molar-refractivity contribution in [2.75, 3.05) is 6.61 Å². The van der Waals surface area contributed by atoms with Crippen LogP contribution in [0.15, 0.2) is 38.8 Å². The van der Waals surface area contributed by atoms with Crippen LogP contribution in [0.2, 0.25) is 0 Å². The van der Waals surface area contributed by atoms with E-state index in [0.717, 1.165) is 10.1 Å². The van der Waals surface area contributed by atoms with Crippen molar-refractivity contribution in [1.29, 1.82) is 0 Å². The Labute approximate surface area is 174 Å². The molecule has 3 rings (SSSR count). The Morgan fingerprint density at radius 3 is 2.53 bits per heavy atom. The molecule has 1 aromatic carbocycles. The van der Waals surface area contributed by atoms with Crippen LogP contribution in [0.5, 0.6) is 0 Å². The van der Waals surface area contributed by atoms with E-state index in [1.807, 2.05) is 6.92 Å². The molecule has 1 aromatic heterocycles. The fourth-order valence-electron chi connectivity index (χ4n) is 3.74. The summed E-state index contributed by atoms with van der Waals surface area (Å²) in [7, 11) is 1.56. The van der Waals surface area contributed by atoms with Gasteiger partial charge in [0.1, 0.15) is 11.6 Å². The summed E-state index contributed by atoms with van der Waals surface area (Å²) in [6.45, 7) is 5.25. The summed E-state index contributed by atoms with van der Waals surface area (Å²) in [5, 5.41) is 10.1. The Balaban J connectivity index is 2.05. The molecule has 0 radical (unpaired) electrons. The van der Waals surface area contributed by atoms with Crippen LogP contribution >= 0.6 is 0 Å². The molecule has 1 N–H and O–H groups in total. The predicted octanol–water partition coefficient (Wildman–Crippen LogP) is 2.33. The summed E-state index contributed by atoms with van der Waals surface area (Å²) in [5.74, 6) is 0.352. The molecule has 2 aromatic rings. The van der Waals surface area contributed by atoms with Gasteiger partial charge in [0, 0.05) is 13.0 Å². The molecule has 1 aliphatic heterocycles. The number of aromatic nitrogens is 2. The second-order valence-electron chi connectivity index (χ2n) is 8.30. The highest BCUT2D eigenvalue weighted by atomic mass is 19.1. The average molecular weight is 417 g/mol. The van der Waals surface area contributed by atoms with Crippen molar-refractivity contribution in [2.24, 2.45) is 18.0 Å². The first-order valence-electron chi connectivity index (χ1n) is 10.1. The highest BCUT2D eigenvalue weighted by molar-refractivity contribution is 5.82. The molecule has 1 aliphatic rings. The number of hydrogen-bond acceptors (Lipinski definition) is 5. The van der Waals surface area contributed by atoms with Crippen molar-refractivity contribution in [3.8, 4) is 0 Å². The zero-order chi connectivity index (χ0) is 22.1. The molecule has 162 valence electrons. The van der Waals surface area contributed by atoms with Crippen molar-refractivity contribution in [1.82, 2.24) is 9.13 Å². The van der Waals surface area contributed by atoms with Crippen LogP contribution < -0.4 is 11.2 Å². The van der Waals surface area contributed by atoms with Gasteiger partial charge in [-0.05, 0) is 57.7 Å². The first kappa shape index (κ1) is 22.0. The normalized spacial score (nSPS) is 16.6. The van der Waals surface area contributed by atoms with Gasteiger partial charge in [-0.25, -0.2) is 9.18 Å². The Kier molecular flexibility index (Phi) is 6.26. The molecule has 0 spiro atoms. The van der Waals surface area contributed by atoms with Crippen LogP contribution in [0.1, 0.15) is 38.3 Å². The van der Waals surface area contributed by atoms with Gasteiger partial charge in [-0.3, -0.25) is 13.9 Å². The van der Waals surface area contributed by atoms with Crippen LogP contribution in [0.25, 0.3) is 0 Å². The Morgan fingerprint density at radius 2 is 1.93 bits per heavy atom. The van der Waals surface area contributed by atoms with Crippen LogP contribution in [0.4, 0.5) is 10.2 Å². The van der Waals surface area contributed by atoms with E-state index >= 15 is 0 Å². The van der Waals surface area contributed by atoms with Crippen LogP contribution in [0, 0.1) is 11.7 Å². The van der Waals surface area contributed by atoms with Gasteiger partial charge in [-0.1, -0.05) is 12.1 Å². The SMILES string of the molecule is CCOC1=Nc2c(c(=O)n(CC(C)(C)O)c(=O)n2C)CCC1Cc1ccc(F)cc1. The maximum atomic E-state index is 13.3. The van der Waals surface area contributed by atoms with E-state index in [-0.39, 0.29) is 18.3 Å². The lowest BCUT2D eigenvalue weighted by atomic mass is 9.93. The number of rotatable bonds is 5. The number of halogens is 1. The first-order valence-corrected chi connectivity index (χ1v) is 10.1. The number of fused-ring (bicyclic) bond motifs is 1. The van der Waals surface area contributed by atoms with E-state index in [1.165, 1.54) is 16.7 Å². The second kappa shape index (κ2) is 8.55. The number of aliphatic hydroxyl groups is 1. The molecule has 8 heteroatoms. The van der Waals surface area contributed by atoms with Crippen LogP contribution in [0.3, 0.4) is 0 Å². The Morgan fingerprint density at radius 1 is 1.27 bits per heavy atom. The van der Waals surface area contributed by atoms with E-state index in [9.17, 15) is 19.1 Å². The molecule has 30 heavy (non-hydrogen) atoms. The minimum atomic E-state index is -1.21. The number of hydrogen-bond donors (Lipinski definition) is 1. The standard InChI is InChI=1S/C22H28FN3O4/c1-5-30-19-15(12-14-6-9-16(23)10-7-14)8-11-17-18(24-19)25(4)21(28)26(20(17)27)13-22(2,3)29/h6-7,9-10,15,29H,5,8,11-13H2,1-4H3. The maximum absolute atomic E-state index is 13.3. The first-order chi connectivity index (χ1) is 14.1. The molecule has 1 unspecified atom stereocenters. The van der Waals surface area contributed by atoms with Gasteiger partial charge in [0.25, 0.3) is 5.56 Å². The summed E-state index contributed by atoms with van der Waals surface area (Å²) in [6.07, 6.45) is 1.60. The fraction of sp³-hybridized carbons (Fsp3) is 0.500. The van der Waals surface area contributed by atoms with Gasteiger partial charge in [-0.2, -0.15) is 4.99 Å². The molecule has 0 aliphatic carbocycles. The smallest absolute Gasteiger partial charge is 0.332 e. The summed E-state index contributed by atoms with van der Waals surface area (Å²) in [6, 6.07) is 6.28. The topological polar surface area (TPSA) is 85.8 Å². The average Bonchev–Trinajstić information content (AvgIpc) is 2.85. The molecule has 0 fully saturated rings. The maximum Gasteiger partial charge on any atom is 0.332 e. The van der Waals surface area contributed by atoms with Crippen molar-refractivity contribution >= 4 is 11.7 Å². The van der Waals surface area contributed by atoms with Crippen LogP contribution in [-0.2, 0) is 31.2 Å². The summed E-state index contributed by atoms with van der Waals surface area (Å²) < 4.78 is 21.4. The van der Waals surface area contributed by atoms with Gasteiger partial charge < -0.3 is 9.84 Å². The van der Waals surface area contributed by atoms with Gasteiger partial charge in [0.2, 0.25) is 0 Å². The fourth-order valence-corrected chi connectivity index (χ4v) is 3.74. The van der Waals surface area contributed by atoms with Crippen molar-refractivity contribution in [2.45, 2.75) is 52.2 Å². The van der Waals surface area contributed by atoms with Gasteiger partial charge in [-0.15, -0.1) is 0 Å². The van der Waals surface area contributed by atoms with Crippen molar-refractivity contribution < 1.29 is 14.2 Å². The van der Waals surface area contributed by atoms with E-state index in [2.05, 4.69) is 4.99 Å². The lowest BCUT2D eigenvalue weighted by molar-refractivity contribution is 0.0586. The number of aliphatic imine (C=N–C) groups is 1. The van der Waals surface area contributed by atoms with E-state index in [4.69, 9.17) is 4.74 Å². The minimum absolute atomic E-state index is 0.104. The third-order valence-corrected chi connectivity index (χ3v) is 5.15. The zero-order valence-corrected chi connectivity index (χ0v) is 17.8. The minimum Gasteiger partial charge on any atom is -0.481 e. The lowest BCUT2D eigenvalue weighted by Gasteiger charge is -2.20. The van der Waals surface area contributed by atoms with Crippen molar-refractivity contribution in [3.05, 3.63) is 62.0 Å². The van der Waals surface area contributed by atoms with E-state index in [0.29, 0.717) is 43.1 Å². The third-order valence-electron chi connectivity index (χ3n) is 5.15. The molecule has 2 heterocycles. The molecule has 7 nitrogen and oxygen atoms in total. The molecular formula is C22H28FN3O4. The van der Waals surface area contributed by atoms with Crippen molar-refractivity contribution in [3.63, 3.8) is 0 Å². The summed E-state index contributed by atoms with van der Waals surface area (Å²) in [4.78, 5) is 30.5. The second-order valence-corrected chi connectivity index (χ2v) is 8.30. The van der Waals surface area contributed by atoms with Gasteiger partial charge in [0.05, 0.1) is 24.3 Å². The quantitative estimate of drug-likeness (QED) is 0.809. The Bertz CT molecular complexity index is 1060. The van der Waals surface area contributed by atoms with Gasteiger partial charge in [0.15, 0.2) is 5.90 Å². The van der Waals surface area contributed by atoms with Crippen LogP contribution in [-0.4, -0.2) is 32.3 Å². The molecule has 1 atom stereocenters. The largest absolute Gasteiger partial charge is 0.481 e. The molecule has 0 saturated carbocycles. The molecule has 0 saturated heterocycles. The van der Waals surface area contributed by atoms with E-state index < -0.39 is 16.9 Å². The molecular weight excluding hydrogens is 389 g/mol. The van der Waals surface area contributed by atoms with Gasteiger partial charge >= 0.3 is 5.69 Å². The third kappa shape index (κ3) is 4.70. The monoisotopic (exact) mass is 417 g/mol. The lowest BCUT2D eigenvalue weighted by Crippen LogP contribution is -2.45.